The first-order valence-electron chi connectivity index (χ1n) is 9.28. The number of carboxylic acids is 1. The van der Waals surface area contributed by atoms with Gasteiger partial charge in [-0.2, -0.15) is 0 Å². The third-order valence-corrected chi connectivity index (χ3v) is 5.13. The lowest BCUT2D eigenvalue weighted by molar-refractivity contribution is -0.131. The smallest absolute Gasteiger partial charge is 0.335 e. The van der Waals surface area contributed by atoms with Crippen molar-refractivity contribution in [1.29, 1.82) is 0 Å². The Bertz CT molecular complexity index is 1040. The van der Waals surface area contributed by atoms with Crippen molar-refractivity contribution in [3.63, 3.8) is 0 Å². The van der Waals surface area contributed by atoms with Crippen LogP contribution in [0.15, 0.2) is 46.4 Å². The Hall–Kier alpha value is -3.68. The summed E-state index contributed by atoms with van der Waals surface area (Å²) < 4.78 is 5.69. The number of carbonyl (C=O) groups is 4. The summed E-state index contributed by atoms with van der Waals surface area (Å²) in [5.41, 5.74) is 0.500. The average Bonchev–Trinajstić information content (AvgIpc) is 3.37. The first-order chi connectivity index (χ1) is 13.9. The van der Waals surface area contributed by atoms with Crippen molar-refractivity contribution in [3.05, 3.63) is 53.3 Å². The van der Waals surface area contributed by atoms with Gasteiger partial charge >= 0.3 is 12.0 Å². The van der Waals surface area contributed by atoms with Gasteiger partial charge in [0.25, 0.3) is 11.8 Å². The first-order valence-corrected chi connectivity index (χ1v) is 9.28. The molecule has 148 valence electrons. The summed E-state index contributed by atoms with van der Waals surface area (Å²) in [5.74, 6) is -1.80. The fraction of sp³-hybridized carbons (Fsp3) is 0.238. The van der Waals surface area contributed by atoms with Crippen LogP contribution in [0, 0.1) is 0 Å². The summed E-state index contributed by atoms with van der Waals surface area (Å²) in [6.45, 7) is 0. The van der Waals surface area contributed by atoms with Crippen LogP contribution >= 0.6 is 0 Å². The number of aromatic carboxylic acids is 1. The molecule has 0 bridgehead atoms. The molecular weight excluding hydrogens is 376 g/mol. The second kappa shape index (κ2) is 7.38. The summed E-state index contributed by atoms with van der Waals surface area (Å²) in [4.78, 5) is 49.4. The van der Waals surface area contributed by atoms with Crippen LogP contribution in [0.25, 0.3) is 17.4 Å². The molecule has 0 atom stereocenters. The van der Waals surface area contributed by atoms with Crippen LogP contribution in [0.3, 0.4) is 0 Å². The molecule has 4 amide bonds. The lowest BCUT2D eigenvalue weighted by atomic mass is 10.1. The molecule has 2 N–H and O–H groups in total. The van der Waals surface area contributed by atoms with Gasteiger partial charge in [-0.1, -0.05) is 25.0 Å². The van der Waals surface area contributed by atoms with Crippen LogP contribution in [0.4, 0.5) is 4.79 Å². The summed E-state index contributed by atoms with van der Waals surface area (Å²) in [7, 11) is 0. The van der Waals surface area contributed by atoms with E-state index in [2.05, 4.69) is 5.32 Å². The summed E-state index contributed by atoms with van der Waals surface area (Å²) in [5, 5.41) is 11.3. The highest BCUT2D eigenvalue weighted by atomic mass is 16.4. The first kappa shape index (κ1) is 18.7. The predicted octanol–water partition coefficient (Wildman–Crippen LogP) is 3.05. The van der Waals surface area contributed by atoms with Crippen molar-refractivity contribution < 1.29 is 28.7 Å². The van der Waals surface area contributed by atoms with Crippen molar-refractivity contribution in [3.8, 4) is 11.3 Å². The molecule has 4 rings (SSSR count). The molecule has 8 nitrogen and oxygen atoms in total. The quantitative estimate of drug-likeness (QED) is 0.608. The number of amides is 4. The number of carboxylic acid groups (broad SMARTS) is 1. The topological polar surface area (TPSA) is 117 Å². The van der Waals surface area contributed by atoms with E-state index < -0.39 is 23.8 Å². The van der Waals surface area contributed by atoms with Crippen molar-refractivity contribution in [2.75, 3.05) is 0 Å². The van der Waals surface area contributed by atoms with E-state index in [1.165, 1.54) is 18.2 Å². The van der Waals surface area contributed by atoms with Crippen molar-refractivity contribution in [2.24, 2.45) is 0 Å². The van der Waals surface area contributed by atoms with Crippen molar-refractivity contribution in [1.82, 2.24) is 10.2 Å². The van der Waals surface area contributed by atoms with Gasteiger partial charge in [-0.15, -0.1) is 0 Å². The van der Waals surface area contributed by atoms with Gasteiger partial charge in [-0.3, -0.25) is 19.8 Å². The second-order valence-electron chi connectivity index (χ2n) is 7.02. The lowest BCUT2D eigenvalue weighted by Gasteiger charge is -2.30. The molecule has 2 heterocycles. The highest BCUT2D eigenvalue weighted by Gasteiger charge is 2.40. The molecule has 1 aromatic carbocycles. The number of rotatable bonds is 4. The van der Waals surface area contributed by atoms with Crippen LogP contribution in [0.2, 0.25) is 0 Å². The van der Waals surface area contributed by atoms with Crippen LogP contribution in [-0.4, -0.2) is 39.9 Å². The molecule has 0 spiro atoms. The second-order valence-corrected chi connectivity index (χ2v) is 7.02. The van der Waals surface area contributed by atoms with Gasteiger partial charge in [0.1, 0.15) is 17.1 Å². The summed E-state index contributed by atoms with van der Waals surface area (Å²) >= 11 is 0. The van der Waals surface area contributed by atoms with Crippen molar-refractivity contribution >= 4 is 29.9 Å². The average molecular weight is 394 g/mol. The van der Waals surface area contributed by atoms with E-state index in [1.54, 1.807) is 24.3 Å². The highest BCUT2D eigenvalue weighted by Crippen LogP contribution is 2.28. The zero-order valence-electron chi connectivity index (χ0n) is 15.4. The molecule has 2 aromatic rings. The van der Waals surface area contributed by atoms with E-state index in [4.69, 9.17) is 9.52 Å². The van der Waals surface area contributed by atoms with Gasteiger partial charge < -0.3 is 9.52 Å². The fourth-order valence-electron chi connectivity index (χ4n) is 3.70. The van der Waals surface area contributed by atoms with Crippen LogP contribution in [0.5, 0.6) is 0 Å². The monoisotopic (exact) mass is 394 g/mol. The van der Waals surface area contributed by atoms with E-state index >= 15 is 0 Å². The molecule has 1 saturated heterocycles. The molecule has 29 heavy (non-hydrogen) atoms. The van der Waals surface area contributed by atoms with E-state index in [9.17, 15) is 19.2 Å². The molecule has 1 aliphatic heterocycles. The number of hydrogen-bond donors (Lipinski definition) is 2. The minimum atomic E-state index is -1.05. The highest BCUT2D eigenvalue weighted by molar-refractivity contribution is 6.31. The molecule has 1 aromatic heterocycles. The maximum absolute atomic E-state index is 12.8. The number of benzene rings is 1. The molecule has 0 radical (unpaired) electrons. The maximum Gasteiger partial charge on any atom is 0.335 e. The molecule has 2 fully saturated rings. The van der Waals surface area contributed by atoms with Gasteiger partial charge in [-0.25, -0.2) is 9.59 Å². The summed E-state index contributed by atoms with van der Waals surface area (Å²) in [6, 6.07) is 8.54. The number of barbiturate groups is 1. The molecule has 1 saturated carbocycles. The van der Waals surface area contributed by atoms with E-state index in [0.717, 1.165) is 30.6 Å². The largest absolute Gasteiger partial charge is 0.478 e. The minimum absolute atomic E-state index is 0.117. The zero-order chi connectivity index (χ0) is 20.5. The Morgan fingerprint density at radius 1 is 1.14 bits per heavy atom. The Kier molecular flexibility index (Phi) is 4.75. The van der Waals surface area contributed by atoms with Crippen LogP contribution in [-0.2, 0) is 9.59 Å². The lowest BCUT2D eigenvalue weighted by Crippen LogP contribution is -2.57. The summed E-state index contributed by atoms with van der Waals surface area (Å²) in [6.07, 6.45) is 4.63. The Morgan fingerprint density at radius 3 is 2.62 bits per heavy atom. The molecule has 2 aliphatic rings. The number of nitrogens with zero attached hydrogens (tertiary/aromatic N) is 1. The van der Waals surface area contributed by atoms with E-state index in [1.807, 2.05) is 0 Å². The molecular formula is C21H18N2O6. The van der Waals surface area contributed by atoms with Crippen LogP contribution in [0.1, 0.15) is 41.8 Å². The SMILES string of the molecule is O=C1NC(=O)N(C2CCCC2)C(=O)/C1=C\c1ccc(-c2cccc(C(=O)O)c2)o1. The van der Waals surface area contributed by atoms with Crippen LogP contribution < -0.4 is 5.32 Å². The van der Waals surface area contributed by atoms with Gasteiger partial charge in [0.05, 0.1) is 5.56 Å². The fourth-order valence-corrected chi connectivity index (χ4v) is 3.70. The standard InChI is InChI=1S/C21H18N2O6/c24-18-16(19(25)23(21(28)22-18)14-6-1-2-7-14)11-15-8-9-17(29-15)12-4-3-5-13(10-12)20(26)27/h3-5,8-11,14H,1-2,6-7H2,(H,26,27)(H,22,24,28)/b16-11-. The van der Waals surface area contributed by atoms with Crippen molar-refractivity contribution in [2.45, 2.75) is 31.7 Å². The third kappa shape index (κ3) is 3.56. The Balaban J connectivity index is 1.63. The maximum atomic E-state index is 12.8. The predicted molar refractivity (Wildman–Crippen MR) is 102 cm³/mol. The molecule has 0 unspecified atom stereocenters. The molecule has 8 heteroatoms. The Labute approximate surface area is 165 Å². The van der Waals surface area contributed by atoms with Gasteiger partial charge in [0, 0.05) is 11.6 Å². The van der Waals surface area contributed by atoms with E-state index in [0.29, 0.717) is 11.3 Å². The molecule has 1 aliphatic carbocycles. The number of nitrogens with one attached hydrogen (secondary N) is 1. The zero-order valence-corrected chi connectivity index (χ0v) is 15.4. The normalized spacial score (nSPS) is 19.1. The van der Waals surface area contributed by atoms with Gasteiger partial charge in [-0.05, 0) is 43.2 Å². The van der Waals surface area contributed by atoms with Gasteiger partial charge in [0.15, 0.2) is 0 Å². The number of urea groups is 1. The Morgan fingerprint density at radius 2 is 1.90 bits per heavy atom. The third-order valence-electron chi connectivity index (χ3n) is 5.13. The number of imide groups is 2. The number of hydrogen-bond acceptors (Lipinski definition) is 5. The number of furan rings is 1. The van der Waals surface area contributed by atoms with E-state index in [-0.39, 0.29) is 22.9 Å². The van der Waals surface area contributed by atoms with Gasteiger partial charge in [0.2, 0.25) is 0 Å². The number of carbonyl (C=O) groups excluding carboxylic acids is 3. The minimum Gasteiger partial charge on any atom is -0.478 e.